The van der Waals surface area contributed by atoms with Crippen molar-refractivity contribution in [3.05, 3.63) is 57.8 Å². The third kappa shape index (κ3) is 3.83. The van der Waals surface area contributed by atoms with Crippen LogP contribution in [-0.4, -0.2) is 6.03 Å². The highest BCUT2D eigenvalue weighted by atomic mass is 32.1. The summed E-state index contributed by atoms with van der Waals surface area (Å²) in [6.07, 6.45) is 0. The van der Waals surface area contributed by atoms with Crippen LogP contribution in [0.5, 0.6) is 0 Å². The van der Waals surface area contributed by atoms with E-state index in [2.05, 4.69) is 23.6 Å². The van der Waals surface area contributed by atoms with Crippen LogP contribution in [-0.2, 0) is 6.54 Å². The smallest absolute Gasteiger partial charge is 0.315 e. The monoisotopic (exact) mass is 274 g/mol. The lowest BCUT2D eigenvalue weighted by atomic mass is 10.0. The van der Waals surface area contributed by atoms with Crippen molar-refractivity contribution in [1.29, 1.82) is 0 Å². The highest BCUT2D eigenvalue weighted by molar-refractivity contribution is 7.09. The summed E-state index contributed by atoms with van der Waals surface area (Å²) in [5.74, 6) is 0. The Morgan fingerprint density at radius 3 is 2.74 bits per heavy atom. The van der Waals surface area contributed by atoms with Crippen molar-refractivity contribution < 1.29 is 4.79 Å². The molecular weight excluding hydrogens is 256 g/mol. The number of nitrogens with one attached hydrogen (secondary N) is 2. The molecule has 19 heavy (non-hydrogen) atoms. The summed E-state index contributed by atoms with van der Waals surface area (Å²) >= 11 is 1.64. The Balaban J connectivity index is 1.87. The van der Waals surface area contributed by atoms with Gasteiger partial charge in [-0.15, -0.1) is 11.3 Å². The lowest BCUT2D eigenvalue weighted by molar-refractivity contribution is 0.237. The highest BCUT2D eigenvalue weighted by Gasteiger charge is 2.10. The molecule has 4 heteroatoms. The van der Waals surface area contributed by atoms with Gasteiger partial charge in [0.05, 0.1) is 12.6 Å². The summed E-state index contributed by atoms with van der Waals surface area (Å²) in [5.41, 5.74) is 2.34. The lowest BCUT2D eigenvalue weighted by Crippen LogP contribution is -2.36. The van der Waals surface area contributed by atoms with Crippen molar-refractivity contribution in [3.8, 4) is 0 Å². The molecule has 1 aromatic heterocycles. The number of aryl methyl sites for hydroxylation is 1. The van der Waals surface area contributed by atoms with Crippen LogP contribution in [0.3, 0.4) is 0 Å². The van der Waals surface area contributed by atoms with Gasteiger partial charge in [0.25, 0.3) is 0 Å². The van der Waals surface area contributed by atoms with Crippen LogP contribution in [0.2, 0.25) is 0 Å². The number of hydrogen-bond acceptors (Lipinski definition) is 2. The maximum Gasteiger partial charge on any atom is 0.315 e. The molecule has 1 heterocycles. The van der Waals surface area contributed by atoms with Crippen LogP contribution >= 0.6 is 11.3 Å². The Morgan fingerprint density at radius 2 is 2.05 bits per heavy atom. The van der Waals surface area contributed by atoms with E-state index < -0.39 is 0 Å². The normalized spacial score (nSPS) is 11.9. The third-order valence-electron chi connectivity index (χ3n) is 3.01. The largest absolute Gasteiger partial charge is 0.333 e. The minimum absolute atomic E-state index is 0.00420. The first-order valence-electron chi connectivity index (χ1n) is 6.29. The zero-order chi connectivity index (χ0) is 13.7. The van der Waals surface area contributed by atoms with E-state index >= 15 is 0 Å². The summed E-state index contributed by atoms with van der Waals surface area (Å²) in [5, 5.41) is 7.82. The highest BCUT2D eigenvalue weighted by Crippen LogP contribution is 2.16. The van der Waals surface area contributed by atoms with E-state index in [0.717, 1.165) is 10.4 Å². The Hall–Kier alpha value is -1.81. The molecule has 100 valence electrons. The van der Waals surface area contributed by atoms with E-state index in [1.165, 1.54) is 5.56 Å². The maximum atomic E-state index is 11.8. The van der Waals surface area contributed by atoms with Gasteiger partial charge in [0.1, 0.15) is 0 Å². The standard InChI is InChI=1S/C15H18N2OS/c1-11-6-3-4-8-14(11)12(2)17-15(18)16-10-13-7-5-9-19-13/h3-9,12H,10H2,1-2H3,(H2,16,17,18). The summed E-state index contributed by atoms with van der Waals surface area (Å²) in [6, 6.07) is 11.9. The average molecular weight is 274 g/mol. The molecule has 0 fully saturated rings. The van der Waals surface area contributed by atoms with Gasteiger partial charge in [0, 0.05) is 4.88 Å². The molecular formula is C15H18N2OS. The Morgan fingerprint density at radius 1 is 1.26 bits per heavy atom. The molecule has 1 unspecified atom stereocenters. The zero-order valence-electron chi connectivity index (χ0n) is 11.1. The predicted molar refractivity (Wildman–Crippen MR) is 79.3 cm³/mol. The molecule has 2 N–H and O–H groups in total. The number of rotatable bonds is 4. The number of hydrogen-bond donors (Lipinski definition) is 2. The molecule has 0 aliphatic heterocycles. The molecule has 2 rings (SSSR count). The van der Waals surface area contributed by atoms with Crippen LogP contribution in [0.1, 0.15) is 29.0 Å². The van der Waals surface area contributed by atoms with E-state index in [-0.39, 0.29) is 12.1 Å². The van der Waals surface area contributed by atoms with Gasteiger partial charge < -0.3 is 10.6 Å². The quantitative estimate of drug-likeness (QED) is 0.878. The van der Waals surface area contributed by atoms with E-state index in [0.29, 0.717) is 6.54 Å². The second-order valence-corrected chi connectivity index (χ2v) is 5.52. The summed E-state index contributed by atoms with van der Waals surface area (Å²) in [6.45, 7) is 4.62. The second-order valence-electron chi connectivity index (χ2n) is 4.48. The predicted octanol–water partition coefficient (Wildman–Crippen LogP) is 3.62. The van der Waals surface area contributed by atoms with Gasteiger partial charge in [-0.25, -0.2) is 4.79 Å². The fraction of sp³-hybridized carbons (Fsp3) is 0.267. The van der Waals surface area contributed by atoms with Crippen LogP contribution in [0, 0.1) is 6.92 Å². The van der Waals surface area contributed by atoms with Crippen LogP contribution in [0.25, 0.3) is 0 Å². The zero-order valence-corrected chi connectivity index (χ0v) is 12.0. The summed E-state index contributed by atoms with van der Waals surface area (Å²) in [7, 11) is 0. The van der Waals surface area contributed by atoms with Crippen molar-refractivity contribution in [2.75, 3.05) is 0 Å². The summed E-state index contributed by atoms with van der Waals surface area (Å²) < 4.78 is 0. The molecule has 0 aliphatic rings. The van der Waals surface area contributed by atoms with Gasteiger partial charge in [-0.1, -0.05) is 30.3 Å². The second kappa shape index (κ2) is 6.38. The van der Waals surface area contributed by atoms with Crippen molar-refractivity contribution >= 4 is 17.4 Å². The Kier molecular flexibility index (Phi) is 4.58. The van der Waals surface area contributed by atoms with Crippen molar-refractivity contribution in [1.82, 2.24) is 10.6 Å². The molecule has 0 saturated carbocycles. The number of amides is 2. The van der Waals surface area contributed by atoms with E-state index in [1.807, 2.05) is 42.6 Å². The molecule has 0 spiro atoms. The summed E-state index contributed by atoms with van der Waals surface area (Å²) in [4.78, 5) is 13.0. The first kappa shape index (κ1) is 13.6. The Labute approximate surface area is 117 Å². The molecule has 0 aliphatic carbocycles. The van der Waals surface area contributed by atoms with Gasteiger partial charge in [-0.3, -0.25) is 0 Å². The van der Waals surface area contributed by atoms with E-state index in [9.17, 15) is 4.79 Å². The topological polar surface area (TPSA) is 41.1 Å². The average Bonchev–Trinajstić information content (AvgIpc) is 2.90. The number of carbonyl (C=O) groups is 1. The number of benzene rings is 1. The van der Waals surface area contributed by atoms with Crippen LogP contribution in [0.4, 0.5) is 4.79 Å². The van der Waals surface area contributed by atoms with E-state index in [4.69, 9.17) is 0 Å². The molecule has 2 aromatic rings. The molecule has 0 bridgehead atoms. The third-order valence-corrected chi connectivity index (χ3v) is 3.88. The van der Waals surface area contributed by atoms with Gasteiger partial charge in [0.2, 0.25) is 0 Å². The minimum Gasteiger partial charge on any atom is -0.333 e. The first-order chi connectivity index (χ1) is 9.16. The number of thiophene rings is 1. The molecule has 0 saturated heterocycles. The molecule has 1 aromatic carbocycles. The van der Waals surface area contributed by atoms with E-state index in [1.54, 1.807) is 11.3 Å². The maximum absolute atomic E-state index is 11.8. The first-order valence-corrected chi connectivity index (χ1v) is 7.17. The van der Waals surface area contributed by atoms with Crippen LogP contribution in [0.15, 0.2) is 41.8 Å². The van der Waals surface area contributed by atoms with Crippen LogP contribution < -0.4 is 10.6 Å². The fourth-order valence-corrected chi connectivity index (χ4v) is 2.62. The molecule has 0 radical (unpaired) electrons. The minimum atomic E-state index is -0.135. The van der Waals surface area contributed by atoms with Gasteiger partial charge in [-0.2, -0.15) is 0 Å². The molecule has 2 amide bonds. The number of carbonyl (C=O) groups excluding carboxylic acids is 1. The lowest BCUT2D eigenvalue weighted by Gasteiger charge is -2.16. The molecule has 3 nitrogen and oxygen atoms in total. The van der Waals surface area contributed by atoms with Gasteiger partial charge in [0.15, 0.2) is 0 Å². The molecule has 1 atom stereocenters. The van der Waals surface area contributed by atoms with Crippen molar-refractivity contribution in [2.24, 2.45) is 0 Å². The van der Waals surface area contributed by atoms with Crippen molar-refractivity contribution in [3.63, 3.8) is 0 Å². The van der Waals surface area contributed by atoms with Crippen molar-refractivity contribution in [2.45, 2.75) is 26.4 Å². The fourth-order valence-electron chi connectivity index (χ4n) is 1.98. The number of urea groups is 1. The van der Waals surface area contributed by atoms with Gasteiger partial charge in [-0.05, 0) is 36.4 Å². The Bertz CT molecular complexity index is 537. The van der Waals surface area contributed by atoms with Gasteiger partial charge >= 0.3 is 6.03 Å². The SMILES string of the molecule is Cc1ccccc1C(C)NC(=O)NCc1cccs1.